The average Bonchev–Trinajstić information content (AvgIpc) is 2.57. The molecule has 2 rings (SSSR count). The molecule has 0 radical (unpaired) electrons. The normalized spacial score (nSPS) is 13.3. The topological polar surface area (TPSA) is 58.6 Å². The number of hydrogen-bond acceptors (Lipinski definition) is 3. The van der Waals surface area contributed by atoms with E-state index in [-0.39, 0.29) is 18.4 Å². The average molecular weight is 334 g/mol. The van der Waals surface area contributed by atoms with Crippen LogP contribution in [0.25, 0.3) is 0 Å². The molecule has 1 amide bonds. The molecule has 0 bridgehead atoms. The third kappa shape index (κ3) is 5.36. The number of nitrogens with one attached hydrogen (secondary N) is 1. The lowest BCUT2D eigenvalue weighted by Gasteiger charge is -2.17. The van der Waals surface area contributed by atoms with Gasteiger partial charge in [0.05, 0.1) is 18.6 Å². The smallest absolute Gasteiger partial charge is 0.223 e. The number of ether oxygens (including phenoxy) is 1. The van der Waals surface area contributed by atoms with Gasteiger partial charge in [0.1, 0.15) is 0 Å². The summed E-state index contributed by atoms with van der Waals surface area (Å²) < 4.78 is 5.40. The van der Waals surface area contributed by atoms with Crippen molar-refractivity contribution in [2.45, 2.75) is 18.6 Å². The summed E-state index contributed by atoms with van der Waals surface area (Å²) in [7, 11) is 1.60. The van der Waals surface area contributed by atoms with Crippen molar-refractivity contribution in [1.82, 2.24) is 5.32 Å². The van der Waals surface area contributed by atoms with Crippen LogP contribution < -0.4 is 5.32 Å². The molecule has 0 saturated carbocycles. The van der Waals surface area contributed by atoms with Gasteiger partial charge in [0.25, 0.3) is 0 Å². The lowest BCUT2D eigenvalue weighted by atomic mass is 10.1. The molecule has 0 aliphatic heterocycles. The summed E-state index contributed by atoms with van der Waals surface area (Å²) in [5.41, 5.74) is 1.66. The summed E-state index contributed by atoms with van der Waals surface area (Å²) in [6.07, 6.45) is -1.08. The Labute approximate surface area is 141 Å². The highest BCUT2D eigenvalue weighted by Crippen LogP contribution is 2.19. The first-order valence-corrected chi connectivity index (χ1v) is 7.76. The van der Waals surface area contributed by atoms with Crippen molar-refractivity contribution in [2.24, 2.45) is 0 Å². The predicted molar refractivity (Wildman–Crippen MR) is 90.2 cm³/mol. The maximum absolute atomic E-state index is 12.0. The van der Waals surface area contributed by atoms with Crippen LogP contribution in [0, 0.1) is 0 Å². The molecule has 23 heavy (non-hydrogen) atoms. The molecule has 0 aliphatic rings. The monoisotopic (exact) mass is 333 g/mol. The van der Waals surface area contributed by atoms with Gasteiger partial charge in [-0.2, -0.15) is 0 Å². The third-order valence-electron chi connectivity index (χ3n) is 3.57. The first-order valence-electron chi connectivity index (χ1n) is 7.38. The van der Waals surface area contributed by atoms with Gasteiger partial charge < -0.3 is 15.2 Å². The molecule has 122 valence electrons. The number of rotatable bonds is 7. The summed E-state index contributed by atoms with van der Waals surface area (Å²) >= 11 is 5.81. The predicted octanol–water partition coefficient (Wildman–Crippen LogP) is 3.27. The quantitative estimate of drug-likeness (QED) is 0.817. The number of carbonyl (C=O) groups excluding carboxylic acids is 1. The van der Waals surface area contributed by atoms with E-state index < -0.39 is 6.10 Å². The van der Waals surface area contributed by atoms with E-state index in [2.05, 4.69) is 5.32 Å². The Morgan fingerprint density at radius 3 is 2.39 bits per heavy atom. The van der Waals surface area contributed by atoms with Crippen LogP contribution in [-0.4, -0.2) is 24.7 Å². The number of halogens is 1. The molecule has 5 heteroatoms. The van der Waals surface area contributed by atoms with E-state index in [0.29, 0.717) is 17.1 Å². The first-order chi connectivity index (χ1) is 11.1. The van der Waals surface area contributed by atoms with Gasteiger partial charge in [0.2, 0.25) is 5.91 Å². The number of aliphatic hydroxyl groups is 1. The Balaban J connectivity index is 1.85. The van der Waals surface area contributed by atoms with Gasteiger partial charge in [-0.1, -0.05) is 54.1 Å². The number of amides is 1. The maximum atomic E-state index is 12.0. The minimum absolute atomic E-state index is 0.00709. The summed E-state index contributed by atoms with van der Waals surface area (Å²) in [5.74, 6) is -0.231. The summed E-state index contributed by atoms with van der Waals surface area (Å²) in [6, 6.07) is 16.5. The molecule has 4 nitrogen and oxygen atoms in total. The van der Waals surface area contributed by atoms with E-state index in [1.807, 2.05) is 30.3 Å². The van der Waals surface area contributed by atoms with Crippen LogP contribution in [0.1, 0.15) is 29.8 Å². The Bertz CT molecular complexity index is 616. The zero-order valence-corrected chi connectivity index (χ0v) is 13.7. The minimum Gasteiger partial charge on any atom is -0.388 e. The number of benzene rings is 2. The molecule has 2 N–H and O–H groups in total. The molecular formula is C18H20ClNO3. The Kier molecular flexibility index (Phi) is 6.59. The third-order valence-corrected chi connectivity index (χ3v) is 3.83. The lowest BCUT2D eigenvalue weighted by molar-refractivity contribution is -0.123. The van der Waals surface area contributed by atoms with Crippen LogP contribution in [0.15, 0.2) is 54.6 Å². The van der Waals surface area contributed by atoms with Gasteiger partial charge in [-0.3, -0.25) is 4.79 Å². The van der Waals surface area contributed by atoms with E-state index in [0.717, 1.165) is 5.56 Å². The molecule has 2 atom stereocenters. The fourth-order valence-corrected chi connectivity index (χ4v) is 2.39. The van der Waals surface area contributed by atoms with E-state index in [4.69, 9.17) is 16.3 Å². The molecule has 0 saturated heterocycles. The van der Waals surface area contributed by atoms with Crippen LogP contribution in [0.5, 0.6) is 0 Å². The van der Waals surface area contributed by atoms with E-state index in [1.165, 1.54) is 0 Å². The van der Waals surface area contributed by atoms with Crippen LogP contribution in [0.2, 0.25) is 5.02 Å². The highest BCUT2D eigenvalue weighted by molar-refractivity contribution is 6.30. The van der Waals surface area contributed by atoms with Crippen LogP contribution in [0.3, 0.4) is 0 Å². The van der Waals surface area contributed by atoms with Gasteiger partial charge in [0.15, 0.2) is 0 Å². The van der Waals surface area contributed by atoms with Crippen LogP contribution in [0.4, 0.5) is 0 Å². The second-order valence-electron chi connectivity index (χ2n) is 5.21. The van der Waals surface area contributed by atoms with E-state index in [9.17, 15) is 9.90 Å². The van der Waals surface area contributed by atoms with Gasteiger partial charge in [-0.15, -0.1) is 0 Å². The van der Waals surface area contributed by atoms with Crippen molar-refractivity contribution in [3.8, 4) is 0 Å². The van der Waals surface area contributed by atoms with Crippen molar-refractivity contribution in [2.75, 3.05) is 13.7 Å². The molecule has 2 unspecified atom stereocenters. The highest BCUT2D eigenvalue weighted by atomic mass is 35.5. The van der Waals surface area contributed by atoms with Crippen molar-refractivity contribution < 1.29 is 14.6 Å². The van der Waals surface area contributed by atoms with E-state index in [1.54, 1.807) is 31.4 Å². The van der Waals surface area contributed by atoms with Gasteiger partial charge in [-0.25, -0.2) is 0 Å². The molecule has 2 aromatic carbocycles. The van der Waals surface area contributed by atoms with Crippen molar-refractivity contribution >= 4 is 17.5 Å². The molecule has 0 aromatic heterocycles. The van der Waals surface area contributed by atoms with Crippen LogP contribution >= 0.6 is 11.6 Å². The molecule has 0 spiro atoms. The summed E-state index contributed by atoms with van der Waals surface area (Å²) in [4.78, 5) is 12.0. The molecule has 0 heterocycles. The van der Waals surface area contributed by atoms with E-state index >= 15 is 0 Å². The first kappa shape index (κ1) is 17.5. The standard InChI is InChI=1S/C18H20ClNO3/c1-23-17(14-5-3-2-4-6-14)12-20-18(22)11-16(21)13-7-9-15(19)10-8-13/h2-10,16-17,21H,11-12H2,1H3,(H,20,22). The Hall–Kier alpha value is -1.88. The SMILES string of the molecule is COC(CNC(=O)CC(O)c1ccc(Cl)cc1)c1ccccc1. The fourth-order valence-electron chi connectivity index (χ4n) is 2.26. The van der Waals surface area contributed by atoms with Gasteiger partial charge in [0, 0.05) is 18.7 Å². The maximum Gasteiger partial charge on any atom is 0.223 e. The fraction of sp³-hybridized carbons (Fsp3) is 0.278. The van der Waals surface area contributed by atoms with Crippen molar-refractivity contribution in [3.05, 3.63) is 70.7 Å². The Morgan fingerprint density at radius 1 is 1.13 bits per heavy atom. The minimum atomic E-state index is -0.856. The zero-order chi connectivity index (χ0) is 16.7. The number of aliphatic hydroxyl groups excluding tert-OH is 1. The molecule has 0 fully saturated rings. The number of carbonyl (C=O) groups is 1. The molecular weight excluding hydrogens is 314 g/mol. The number of hydrogen-bond donors (Lipinski definition) is 2. The van der Waals surface area contributed by atoms with Gasteiger partial charge >= 0.3 is 0 Å². The largest absolute Gasteiger partial charge is 0.388 e. The Morgan fingerprint density at radius 2 is 1.78 bits per heavy atom. The zero-order valence-electron chi connectivity index (χ0n) is 12.9. The van der Waals surface area contributed by atoms with Crippen molar-refractivity contribution in [1.29, 1.82) is 0 Å². The second kappa shape index (κ2) is 8.67. The summed E-state index contributed by atoms with van der Waals surface area (Å²) in [6.45, 7) is 0.354. The molecule has 2 aromatic rings. The van der Waals surface area contributed by atoms with Crippen molar-refractivity contribution in [3.63, 3.8) is 0 Å². The second-order valence-corrected chi connectivity index (χ2v) is 5.65. The lowest BCUT2D eigenvalue weighted by Crippen LogP contribution is -2.30. The summed E-state index contributed by atoms with van der Waals surface area (Å²) in [5, 5.41) is 13.5. The highest BCUT2D eigenvalue weighted by Gasteiger charge is 2.15. The number of methoxy groups -OCH3 is 1. The van der Waals surface area contributed by atoms with Gasteiger partial charge in [-0.05, 0) is 23.3 Å². The van der Waals surface area contributed by atoms with Crippen LogP contribution in [-0.2, 0) is 9.53 Å². The molecule has 0 aliphatic carbocycles.